The van der Waals surface area contributed by atoms with Crippen molar-refractivity contribution in [2.45, 2.75) is 61.6 Å². The van der Waals surface area contributed by atoms with Gasteiger partial charge in [0.15, 0.2) is 0 Å². The van der Waals surface area contributed by atoms with E-state index in [1.807, 2.05) is 0 Å². The molecule has 0 saturated carbocycles. The predicted molar refractivity (Wildman–Crippen MR) is 245 cm³/mol. The first-order valence-corrected chi connectivity index (χ1v) is 32.5. The fourth-order valence-corrected chi connectivity index (χ4v) is 39.0. The topological polar surface area (TPSA) is 0 Å². The molecule has 0 fully saturated rings. The molecule has 6 aromatic carbocycles. The number of hydrogen-bond acceptors (Lipinski definition) is 0. The Balaban J connectivity index is 1.38. The van der Waals surface area contributed by atoms with Crippen molar-refractivity contribution in [1.29, 1.82) is 0 Å². The molecule has 3 aliphatic rings. The third-order valence-electron chi connectivity index (χ3n) is 13.3. The summed E-state index contributed by atoms with van der Waals surface area (Å²) in [5, 5.41) is 2.97. The Morgan fingerprint density at radius 2 is 0.929 bits per heavy atom. The van der Waals surface area contributed by atoms with Gasteiger partial charge in [-0.05, 0) is 0 Å². The van der Waals surface area contributed by atoms with Crippen molar-refractivity contribution in [2.75, 3.05) is 0 Å². The third-order valence-corrected chi connectivity index (χ3v) is 35.9. The monoisotopic (exact) mass is 863 g/mol. The first kappa shape index (κ1) is 38.0. The van der Waals surface area contributed by atoms with E-state index in [0.717, 1.165) is 12.8 Å². The number of allylic oxidation sites excluding steroid dienone is 2. The molecule has 4 heteroatoms. The molecule has 0 aromatic heterocycles. The molecule has 0 nitrogen and oxygen atoms in total. The average molecular weight is 866 g/mol. The number of hydrogen-bond donors (Lipinski definition) is 0. The van der Waals surface area contributed by atoms with Crippen LogP contribution in [-0.2, 0) is 29.2 Å². The Labute approximate surface area is 344 Å². The molecule has 2 atom stereocenters. The van der Waals surface area contributed by atoms with Crippen molar-refractivity contribution >= 4 is 52.3 Å². The van der Waals surface area contributed by atoms with Crippen molar-refractivity contribution in [3.05, 3.63) is 172 Å². The predicted octanol–water partition coefficient (Wildman–Crippen LogP) is 12.5. The van der Waals surface area contributed by atoms with E-state index in [2.05, 4.69) is 181 Å². The molecular weight excluding hydrogens is 815 g/mol. The van der Waals surface area contributed by atoms with E-state index in [1.54, 1.807) is 0 Å². The van der Waals surface area contributed by atoms with E-state index in [1.165, 1.54) is 91.6 Å². The van der Waals surface area contributed by atoms with Gasteiger partial charge in [0.2, 0.25) is 0 Å². The van der Waals surface area contributed by atoms with Crippen LogP contribution in [0.25, 0.3) is 45.5 Å². The van der Waals surface area contributed by atoms with Crippen LogP contribution in [0.4, 0.5) is 0 Å². The Morgan fingerprint density at radius 3 is 1.43 bits per heavy atom. The van der Waals surface area contributed by atoms with Crippen LogP contribution in [0, 0.1) is 11.8 Å². The second kappa shape index (κ2) is 14.4. The first-order chi connectivity index (χ1) is 27.1. The molecule has 0 radical (unpaired) electrons. The van der Waals surface area contributed by atoms with Gasteiger partial charge in [-0.15, -0.1) is 0 Å². The van der Waals surface area contributed by atoms with Gasteiger partial charge < -0.3 is 0 Å². The summed E-state index contributed by atoms with van der Waals surface area (Å²) in [6, 6.07) is 47.8. The summed E-state index contributed by atoms with van der Waals surface area (Å²) in [5.41, 5.74) is 18.6. The summed E-state index contributed by atoms with van der Waals surface area (Å²) in [7, 11) is 17.8. The summed E-state index contributed by atoms with van der Waals surface area (Å²) in [6.45, 7) is 13.9. The minimum atomic E-state index is -5.63. The standard InChI is InChI=1S/2C20H21.C12H9Si.2ClH.Zr/c2*1-4-15-8-5-6-10-18(15)19-11-7-9-16-12-17(14(2)3)13-20(16)19;1-3-7-11-9(5-1)10-6-2-4-8-12(10)13-11;;;/h2*5-14H,4H2,1-3H3;1-7H,13H2;2*1H;/q;;;;;+2/p-2. The van der Waals surface area contributed by atoms with Gasteiger partial charge in [0.25, 0.3) is 0 Å². The van der Waals surface area contributed by atoms with Crippen LogP contribution in [0.5, 0.6) is 0 Å². The van der Waals surface area contributed by atoms with Crippen molar-refractivity contribution in [3.63, 3.8) is 0 Å². The number of rotatable bonds is 9. The molecule has 0 bridgehead atoms. The second-order valence-electron chi connectivity index (χ2n) is 16.9. The average Bonchev–Trinajstić information content (AvgIpc) is 3.94. The number of halogens is 2. The zero-order valence-electron chi connectivity index (χ0n) is 33.5. The SMILES string of the molecule is CCc1ccccc1-c1cccc2c1C=C(C(C)C)[CH]2[Zr]([Cl])([Cl])([c]1cccc2c1[SiH2]c1ccccc1-2)[CH]1C(C(C)C)=Cc2c(-c3ccccc3CC)cccc21. The fraction of sp³-hybridized carbons (Fsp3) is 0.231. The van der Waals surface area contributed by atoms with E-state index in [4.69, 9.17) is 0 Å². The Kier molecular flexibility index (Phi) is 9.77. The van der Waals surface area contributed by atoms with Crippen molar-refractivity contribution in [1.82, 2.24) is 0 Å². The van der Waals surface area contributed by atoms with E-state index in [-0.39, 0.29) is 19.1 Å². The summed E-state index contributed by atoms with van der Waals surface area (Å²) in [6.07, 6.45) is 6.99. The second-order valence-corrected chi connectivity index (χ2v) is 39.4. The molecule has 9 rings (SSSR count). The summed E-state index contributed by atoms with van der Waals surface area (Å²) in [5.74, 6) is 0.515. The summed E-state index contributed by atoms with van der Waals surface area (Å²) >= 11 is -5.63. The molecule has 0 saturated heterocycles. The van der Waals surface area contributed by atoms with Crippen molar-refractivity contribution in [2.24, 2.45) is 11.8 Å². The maximum absolute atomic E-state index is 9.32. The van der Waals surface area contributed by atoms with E-state index in [9.17, 15) is 17.0 Å². The molecule has 2 aliphatic carbocycles. The molecule has 1 heterocycles. The zero-order chi connectivity index (χ0) is 39.0. The molecular formula is C52H51Cl2SiZr. The Morgan fingerprint density at radius 1 is 0.500 bits per heavy atom. The van der Waals surface area contributed by atoms with Crippen LogP contribution < -0.4 is 13.6 Å². The number of benzene rings is 6. The molecule has 6 aromatic rings. The van der Waals surface area contributed by atoms with Gasteiger partial charge in [0, 0.05) is 0 Å². The molecule has 0 amide bonds. The maximum atomic E-state index is 9.32. The molecule has 56 heavy (non-hydrogen) atoms. The Hall–Kier alpha value is -3.52. The van der Waals surface area contributed by atoms with Gasteiger partial charge in [0.1, 0.15) is 0 Å². The van der Waals surface area contributed by atoms with Crippen LogP contribution in [0.15, 0.2) is 139 Å². The van der Waals surface area contributed by atoms with Crippen LogP contribution in [0.1, 0.15) is 82.2 Å². The normalized spacial score (nSPS) is 18.0. The van der Waals surface area contributed by atoms with Crippen LogP contribution in [-0.4, -0.2) is 9.52 Å². The quantitative estimate of drug-likeness (QED) is 0.127. The van der Waals surface area contributed by atoms with E-state index >= 15 is 0 Å². The zero-order valence-corrected chi connectivity index (χ0v) is 38.8. The summed E-state index contributed by atoms with van der Waals surface area (Å²) in [4.78, 5) is 0. The molecule has 0 spiro atoms. The van der Waals surface area contributed by atoms with Crippen LogP contribution in [0.2, 0.25) is 0 Å². The minimum absolute atomic E-state index is 0.0996. The van der Waals surface area contributed by atoms with E-state index < -0.39 is 25.9 Å². The Bertz CT molecular complexity index is 2480. The van der Waals surface area contributed by atoms with Gasteiger partial charge in [-0.25, -0.2) is 0 Å². The van der Waals surface area contributed by atoms with Crippen LogP contribution >= 0.6 is 17.0 Å². The van der Waals surface area contributed by atoms with Gasteiger partial charge in [-0.3, -0.25) is 0 Å². The van der Waals surface area contributed by atoms with Gasteiger partial charge >= 0.3 is 348 Å². The third kappa shape index (κ3) is 5.68. The number of fused-ring (bicyclic) bond motifs is 5. The van der Waals surface area contributed by atoms with E-state index in [0.29, 0.717) is 0 Å². The van der Waals surface area contributed by atoms with Gasteiger partial charge in [0.05, 0.1) is 0 Å². The molecule has 0 N–H and O–H groups in total. The van der Waals surface area contributed by atoms with Crippen molar-refractivity contribution in [3.8, 4) is 33.4 Å². The van der Waals surface area contributed by atoms with Gasteiger partial charge in [-0.1, -0.05) is 0 Å². The first-order valence-electron chi connectivity index (χ1n) is 20.7. The molecule has 1 aliphatic heterocycles. The van der Waals surface area contributed by atoms with Gasteiger partial charge in [-0.2, -0.15) is 0 Å². The number of aryl methyl sites for hydroxylation is 2. The summed E-state index contributed by atoms with van der Waals surface area (Å²) < 4.78 is 1.09. The van der Waals surface area contributed by atoms with Crippen molar-refractivity contribution < 1.29 is 16.4 Å². The fourth-order valence-electron chi connectivity index (χ4n) is 10.8. The molecule has 281 valence electrons. The molecule has 2 unspecified atom stereocenters. The van der Waals surface area contributed by atoms with Crippen LogP contribution in [0.3, 0.4) is 0 Å².